The SMILES string of the molecule is CCCCOc1ccc(C(=O)Nc2cccc(C)c2)cc1OCC. The van der Waals surface area contributed by atoms with Gasteiger partial charge in [-0.15, -0.1) is 0 Å². The third-order valence-corrected chi connectivity index (χ3v) is 3.54. The summed E-state index contributed by atoms with van der Waals surface area (Å²) in [6, 6.07) is 13.0. The summed E-state index contributed by atoms with van der Waals surface area (Å²) in [7, 11) is 0. The van der Waals surface area contributed by atoms with E-state index in [2.05, 4.69) is 12.2 Å². The quantitative estimate of drug-likeness (QED) is 0.707. The van der Waals surface area contributed by atoms with Gasteiger partial charge in [0.15, 0.2) is 11.5 Å². The Kier molecular flexibility index (Phi) is 6.67. The van der Waals surface area contributed by atoms with Gasteiger partial charge in [0.25, 0.3) is 5.91 Å². The Balaban J connectivity index is 2.14. The average molecular weight is 327 g/mol. The molecular formula is C20H25NO3. The highest BCUT2D eigenvalue weighted by molar-refractivity contribution is 6.04. The predicted molar refractivity (Wildman–Crippen MR) is 97.1 cm³/mol. The number of rotatable bonds is 8. The monoisotopic (exact) mass is 327 g/mol. The average Bonchev–Trinajstić information content (AvgIpc) is 2.56. The van der Waals surface area contributed by atoms with E-state index in [1.54, 1.807) is 18.2 Å². The van der Waals surface area contributed by atoms with Crippen molar-refractivity contribution in [1.29, 1.82) is 0 Å². The van der Waals surface area contributed by atoms with Crippen molar-refractivity contribution >= 4 is 11.6 Å². The lowest BCUT2D eigenvalue weighted by Crippen LogP contribution is -2.12. The molecular weight excluding hydrogens is 302 g/mol. The maximum atomic E-state index is 12.4. The van der Waals surface area contributed by atoms with Crippen LogP contribution in [0.25, 0.3) is 0 Å². The van der Waals surface area contributed by atoms with Crippen LogP contribution in [0.15, 0.2) is 42.5 Å². The number of unbranched alkanes of at least 4 members (excludes halogenated alkanes) is 1. The molecule has 0 fully saturated rings. The summed E-state index contributed by atoms with van der Waals surface area (Å²) in [5, 5.41) is 2.90. The summed E-state index contributed by atoms with van der Waals surface area (Å²) in [5.74, 6) is 1.12. The molecule has 0 aliphatic heterocycles. The molecule has 2 rings (SSSR count). The molecule has 0 saturated heterocycles. The second-order valence-electron chi connectivity index (χ2n) is 5.62. The maximum Gasteiger partial charge on any atom is 0.255 e. The number of carbonyl (C=O) groups is 1. The molecule has 4 heteroatoms. The first kappa shape index (κ1) is 17.9. The van der Waals surface area contributed by atoms with E-state index in [1.807, 2.05) is 38.1 Å². The van der Waals surface area contributed by atoms with Crippen LogP contribution in [-0.2, 0) is 0 Å². The fourth-order valence-corrected chi connectivity index (χ4v) is 2.29. The highest BCUT2D eigenvalue weighted by atomic mass is 16.5. The van der Waals surface area contributed by atoms with E-state index < -0.39 is 0 Å². The van der Waals surface area contributed by atoms with Gasteiger partial charge < -0.3 is 14.8 Å². The minimum absolute atomic E-state index is 0.165. The van der Waals surface area contributed by atoms with E-state index >= 15 is 0 Å². The first-order valence-corrected chi connectivity index (χ1v) is 8.41. The van der Waals surface area contributed by atoms with Crippen molar-refractivity contribution in [3.63, 3.8) is 0 Å². The molecule has 1 amide bonds. The Morgan fingerprint density at radius 1 is 1.04 bits per heavy atom. The zero-order valence-electron chi connectivity index (χ0n) is 14.6. The zero-order valence-corrected chi connectivity index (χ0v) is 14.6. The second kappa shape index (κ2) is 8.96. The van der Waals surface area contributed by atoms with Crippen LogP contribution in [0, 0.1) is 6.92 Å². The lowest BCUT2D eigenvalue weighted by Gasteiger charge is -2.13. The molecule has 0 heterocycles. The van der Waals surface area contributed by atoms with Gasteiger partial charge in [0, 0.05) is 11.3 Å². The van der Waals surface area contributed by atoms with E-state index in [1.165, 1.54) is 0 Å². The van der Waals surface area contributed by atoms with Crippen molar-refractivity contribution in [1.82, 2.24) is 0 Å². The van der Waals surface area contributed by atoms with Crippen molar-refractivity contribution in [3.8, 4) is 11.5 Å². The topological polar surface area (TPSA) is 47.6 Å². The van der Waals surface area contributed by atoms with Crippen LogP contribution < -0.4 is 14.8 Å². The number of benzene rings is 2. The van der Waals surface area contributed by atoms with Crippen molar-refractivity contribution in [2.45, 2.75) is 33.6 Å². The molecule has 128 valence electrons. The number of hydrogen-bond acceptors (Lipinski definition) is 3. The van der Waals surface area contributed by atoms with Gasteiger partial charge in [-0.2, -0.15) is 0 Å². The number of aryl methyl sites for hydroxylation is 1. The third kappa shape index (κ3) is 5.01. The summed E-state index contributed by atoms with van der Waals surface area (Å²) in [6.45, 7) is 7.19. The van der Waals surface area contributed by atoms with Gasteiger partial charge in [-0.3, -0.25) is 4.79 Å². The molecule has 0 aromatic heterocycles. The summed E-state index contributed by atoms with van der Waals surface area (Å²) in [4.78, 5) is 12.4. The lowest BCUT2D eigenvalue weighted by atomic mass is 10.1. The van der Waals surface area contributed by atoms with Crippen LogP contribution in [-0.4, -0.2) is 19.1 Å². The van der Waals surface area contributed by atoms with Crippen molar-refractivity contribution in [3.05, 3.63) is 53.6 Å². The van der Waals surface area contributed by atoms with Crippen LogP contribution in [0.5, 0.6) is 11.5 Å². The normalized spacial score (nSPS) is 10.3. The molecule has 0 atom stereocenters. The van der Waals surface area contributed by atoms with E-state index in [9.17, 15) is 4.79 Å². The summed E-state index contributed by atoms with van der Waals surface area (Å²) >= 11 is 0. The van der Waals surface area contributed by atoms with Gasteiger partial charge in [0.1, 0.15) is 0 Å². The fraction of sp³-hybridized carbons (Fsp3) is 0.350. The third-order valence-electron chi connectivity index (χ3n) is 3.54. The first-order chi connectivity index (χ1) is 11.6. The molecule has 2 aromatic rings. The van der Waals surface area contributed by atoms with Crippen LogP contribution in [0.2, 0.25) is 0 Å². The Bertz CT molecular complexity index is 682. The largest absolute Gasteiger partial charge is 0.490 e. The molecule has 1 N–H and O–H groups in total. The number of hydrogen-bond donors (Lipinski definition) is 1. The van der Waals surface area contributed by atoms with Gasteiger partial charge in [0.2, 0.25) is 0 Å². The Morgan fingerprint density at radius 3 is 2.58 bits per heavy atom. The van der Waals surface area contributed by atoms with Gasteiger partial charge >= 0.3 is 0 Å². The Hall–Kier alpha value is -2.49. The molecule has 0 aliphatic rings. The van der Waals surface area contributed by atoms with Crippen LogP contribution in [0.3, 0.4) is 0 Å². The highest BCUT2D eigenvalue weighted by Crippen LogP contribution is 2.29. The van der Waals surface area contributed by atoms with Gasteiger partial charge in [-0.25, -0.2) is 0 Å². The summed E-state index contributed by atoms with van der Waals surface area (Å²) in [6.07, 6.45) is 2.06. The maximum absolute atomic E-state index is 12.4. The predicted octanol–water partition coefficient (Wildman–Crippen LogP) is 4.82. The summed E-state index contributed by atoms with van der Waals surface area (Å²) < 4.78 is 11.4. The van der Waals surface area contributed by atoms with Gasteiger partial charge in [-0.05, 0) is 56.2 Å². The highest BCUT2D eigenvalue weighted by Gasteiger charge is 2.12. The lowest BCUT2D eigenvalue weighted by molar-refractivity contribution is 0.102. The standard InChI is InChI=1S/C20H25NO3/c1-4-6-12-24-18-11-10-16(14-19(18)23-5-2)20(22)21-17-9-7-8-15(3)13-17/h7-11,13-14H,4-6,12H2,1-3H3,(H,21,22). The minimum Gasteiger partial charge on any atom is -0.490 e. The molecule has 0 aliphatic carbocycles. The minimum atomic E-state index is -0.165. The van der Waals surface area contributed by atoms with Crippen LogP contribution >= 0.6 is 0 Å². The van der Waals surface area contributed by atoms with Crippen LogP contribution in [0.4, 0.5) is 5.69 Å². The molecule has 24 heavy (non-hydrogen) atoms. The number of anilines is 1. The first-order valence-electron chi connectivity index (χ1n) is 8.41. The zero-order chi connectivity index (χ0) is 17.4. The number of nitrogens with one attached hydrogen (secondary N) is 1. The van der Waals surface area contributed by atoms with Crippen molar-refractivity contribution in [2.75, 3.05) is 18.5 Å². The van der Waals surface area contributed by atoms with Gasteiger partial charge in [0.05, 0.1) is 13.2 Å². The second-order valence-corrected chi connectivity index (χ2v) is 5.62. The molecule has 0 radical (unpaired) electrons. The van der Waals surface area contributed by atoms with E-state index in [4.69, 9.17) is 9.47 Å². The summed E-state index contributed by atoms with van der Waals surface area (Å²) in [5.41, 5.74) is 2.42. The van der Waals surface area contributed by atoms with E-state index in [0.717, 1.165) is 24.1 Å². The molecule has 0 saturated carbocycles. The van der Waals surface area contributed by atoms with E-state index in [0.29, 0.717) is 30.3 Å². The Labute approximate surface area is 143 Å². The molecule has 0 spiro atoms. The fourth-order valence-electron chi connectivity index (χ4n) is 2.29. The van der Waals surface area contributed by atoms with Crippen molar-refractivity contribution in [2.24, 2.45) is 0 Å². The van der Waals surface area contributed by atoms with Gasteiger partial charge in [-0.1, -0.05) is 25.5 Å². The van der Waals surface area contributed by atoms with Crippen molar-refractivity contribution < 1.29 is 14.3 Å². The molecule has 0 bridgehead atoms. The Morgan fingerprint density at radius 2 is 1.88 bits per heavy atom. The smallest absolute Gasteiger partial charge is 0.255 e. The number of carbonyl (C=O) groups excluding carboxylic acids is 1. The van der Waals surface area contributed by atoms with Crippen LogP contribution in [0.1, 0.15) is 42.6 Å². The molecule has 2 aromatic carbocycles. The van der Waals surface area contributed by atoms with E-state index in [-0.39, 0.29) is 5.91 Å². The molecule has 4 nitrogen and oxygen atoms in total. The number of amides is 1. The number of ether oxygens (including phenoxy) is 2. The molecule has 0 unspecified atom stereocenters.